The molecule has 11 N–H and O–H groups in total. The number of phenolic OH excluding ortho intramolecular Hbond substituents is 2. The zero-order valence-corrected chi connectivity index (χ0v) is 36.4. The van der Waals surface area contributed by atoms with Gasteiger partial charge in [-0.15, -0.1) is 10.2 Å². The number of phenols is 2. The van der Waals surface area contributed by atoms with Crippen molar-refractivity contribution >= 4 is 51.3 Å². The summed E-state index contributed by atoms with van der Waals surface area (Å²) >= 11 is 1.18. The van der Waals surface area contributed by atoms with Crippen molar-refractivity contribution in [3.63, 3.8) is 0 Å². The van der Waals surface area contributed by atoms with E-state index >= 15 is 0 Å². The van der Waals surface area contributed by atoms with Crippen LogP contribution in [0.4, 0.5) is 5.13 Å². The number of carbonyl (C=O) groups is 4. The van der Waals surface area contributed by atoms with Crippen molar-refractivity contribution in [3.05, 3.63) is 71.6 Å². The molecule has 0 aliphatic carbocycles. The van der Waals surface area contributed by atoms with Crippen LogP contribution in [0.3, 0.4) is 0 Å². The smallest absolute Gasteiger partial charge is 0.222 e. The molecule has 0 saturated heterocycles. The van der Waals surface area contributed by atoms with Gasteiger partial charge in [0.15, 0.2) is 16.8 Å². The van der Waals surface area contributed by atoms with Gasteiger partial charge in [-0.1, -0.05) is 56.4 Å². The highest BCUT2D eigenvalue weighted by Crippen LogP contribution is 2.37. The molecule has 0 radical (unpaired) electrons. The van der Waals surface area contributed by atoms with Crippen LogP contribution < -0.4 is 32.7 Å². The van der Waals surface area contributed by atoms with Gasteiger partial charge in [-0.25, -0.2) is 15.2 Å². The van der Waals surface area contributed by atoms with Gasteiger partial charge in [0.05, 0.1) is 19.3 Å². The lowest BCUT2D eigenvalue weighted by molar-refractivity contribution is -0.127. The van der Waals surface area contributed by atoms with Gasteiger partial charge >= 0.3 is 0 Å². The van der Waals surface area contributed by atoms with Crippen molar-refractivity contribution in [2.75, 3.05) is 38.7 Å². The average molecular weight is 862 g/mol. The number of ketones is 1. The number of nitrogens with zero attached hydrogens (tertiary/aromatic N) is 3. The standard InChI is InChI=1S/C35H51N5O7.C3H6N4OS2.C2H6/c1-26(42)32(8-3-5-21-40(37)25-29(36)7-4-6-22-41)39-34(46)18-23-47-24-20-38-33(45)17-19-35(2,27-9-13-30(43)14-10-27)28-11-15-31(44)16-12-28;1-5-2-6-7-3(9-2)10(4)8;1-2/h9-16,22,25,32,43-44H,3-8,17-21,23-24,36-37H2,1-2H3,(H,38,45)(H,39,46);4H2,1H3,(H,5,6);1-2H3/b29-25-;;. The SMILES string of the molecule is CC.CC(=O)C(CCCCN(N)/C=C(\N)CCCC=O)NC(=O)CCOCCNC(=O)CCC(C)(c1ccc(O)cc1)c1ccc(O)cc1.CNc1nnc(S(N)=O)s1. The maximum Gasteiger partial charge on any atom is 0.222 e. The summed E-state index contributed by atoms with van der Waals surface area (Å²) in [5.41, 5.74) is 7.84. The molecule has 0 bridgehead atoms. The van der Waals surface area contributed by atoms with E-state index in [-0.39, 0.29) is 61.7 Å². The zero-order chi connectivity index (χ0) is 44.2. The van der Waals surface area contributed by atoms with Gasteiger partial charge in [0, 0.05) is 56.7 Å². The van der Waals surface area contributed by atoms with Crippen molar-refractivity contribution < 1.29 is 38.3 Å². The molecule has 3 aromatic rings. The molecule has 1 aromatic heterocycles. The molecular formula is C40H63N9O8S2. The number of anilines is 1. The van der Waals surface area contributed by atoms with Crippen molar-refractivity contribution in [3.8, 4) is 11.5 Å². The molecule has 2 aromatic carbocycles. The van der Waals surface area contributed by atoms with E-state index in [1.54, 1.807) is 37.5 Å². The third kappa shape index (κ3) is 21.0. The monoisotopic (exact) mass is 861 g/mol. The highest BCUT2D eigenvalue weighted by Gasteiger charge is 2.29. The molecule has 0 aliphatic heterocycles. The second-order valence-corrected chi connectivity index (χ2v) is 15.5. The minimum Gasteiger partial charge on any atom is -0.508 e. The van der Waals surface area contributed by atoms with E-state index in [2.05, 4.69) is 26.1 Å². The molecule has 0 fully saturated rings. The number of benzene rings is 2. The molecule has 2 atom stereocenters. The van der Waals surface area contributed by atoms with Gasteiger partial charge < -0.3 is 46.4 Å². The predicted molar refractivity (Wildman–Crippen MR) is 231 cm³/mol. The van der Waals surface area contributed by atoms with Gasteiger partial charge in [-0.05, 0) is 80.8 Å². The molecule has 3 rings (SSSR count). The number of rotatable bonds is 25. The van der Waals surface area contributed by atoms with Crippen LogP contribution in [-0.4, -0.2) is 92.9 Å². The molecular weight excluding hydrogens is 799 g/mol. The van der Waals surface area contributed by atoms with E-state index in [0.29, 0.717) is 66.7 Å². The summed E-state index contributed by atoms with van der Waals surface area (Å²) in [6.07, 6.45) is 6.91. The Morgan fingerprint density at radius 1 is 0.949 bits per heavy atom. The fraction of sp³-hybridized carbons (Fsp3) is 0.500. The van der Waals surface area contributed by atoms with Gasteiger partial charge in [0.25, 0.3) is 0 Å². The first-order valence-electron chi connectivity index (χ1n) is 19.5. The van der Waals surface area contributed by atoms with E-state index in [1.165, 1.54) is 23.3 Å². The number of amides is 2. The maximum absolute atomic E-state index is 12.7. The lowest BCUT2D eigenvalue weighted by Crippen LogP contribution is -2.40. The Kier molecular flexibility index (Phi) is 25.8. The summed E-state index contributed by atoms with van der Waals surface area (Å²) in [7, 11) is 0.207. The van der Waals surface area contributed by atoms with E-state index in [1.807, 2.05) is 45.0 Å². The predicted octanol–water partition coefficient (Wildman–Crippen LogP) is 3.88. The number of carbonyl (C=O) groups excluding carboxylic acids is 4. The minimum atomic E-state index is -1.50. The first kappa shape index (κ1) is 52.1. The van der Waals surface area contributed by atoms with E-state index < -0.39 is 22.4 Å². The number of hydrazine groups is 1. The summed E-state index contributed by atoms with van der Waals surface area (Å²) < 4.78 is 16.4. The molecule has 1 heterocycles. The molecule has 0 aliphatic rings. The number of Topliss-reactive ketones (excluding diaryl/α,β-unsaturated/α-hetero) is 1. The van der Waals surface area contributed by atoms with Crippen LogP contribution >= 0.6 is 11.3 Å². The number of aldehydes is 1. The summed E-state index contributed by atoms with van der Waals surface area (Å²) in [5.74, 6) is 5.69. The average Bonchev–Trinajstić information content (AvgIpc) is 3.71. The maximum atomic E-state index is 12.7. The molecule has 0 spiro atoms. The normalized spacial score (nSPS) is 12.1. The van der Waals surface area contributed by atoms with E-state index in [0.717, 1.165) is 17.4 Å². The van der Waals surface area contributed by atoms with E-state index in [4.69, 9.17) is 21.5 Å². The zero-order valence-electron chi connectivity index (χ0n) is 34.8. The van der Waals surface area contributed by atoms with Crippen LogP contribution in [0.5, 0.6) is 11.5 Å². The van der Waals surface area contributed by atoms with Crippen molar-refractivity contribution in [2.45, 2.75) is 101 Å². The lowest BCUT2D eigenvalue weighted by Gasteiger charge is -2.31. The Balaban J connectivity index is 0.00000125. The van der Waals surface area contributed by atoms with Gasteiger partial charge in [0.2, 0.25) is 21.3 Å². The van der Waals surface area contributed by atoms with Crippen LogP contribution in [0.1, 0.15) is 96.6 Å². The van der Waals surface area contributed by atoms with Crippen molar-refractivity contribution in [2.24, 2.45) is 16.7 Å². The number of aromatic hydroxyl groups is 2. The summed E-state index contributed by atoms with van der Waals surface area (Å²) in [4.78, 5) is 47.5. The van der Waals surface area contributed by atoms with Gasteiger partial charge in [-0.2, -0.15) is 0 Å². The second-order valence-electron chi connectivity index (χ2n) is 13.3. The van der Waals surface area contributed by atoms with Crippen LogP contribution in [0, 0.1) is 0 Å². The highest BCUT2D eigenvalue weighted by atomic mass is 32.2. The number of unbranched alkanes of at least 4 members (excludes halogenated alkanes) is 2. The Hall–Kier alpha value is -4.95. The van der Waals surface area contributed by atoms with Crippen LogP contribution in [0.2, 0.25) is 0 Å². The highest BCUT2D eigenvalue weighted by molar-refractivity contribution is 7.85. The molecule has 2 amide bonds. The fourth-order valence-electron chi connectivity index (χ4n) is 5.51. The minimum absolute atomic E-state index is 0.0834. The second kappa shape index (κ2) is 29.3. The Morgan fingerprint density at radius 2 is 1.56 bits per heavy atom. The van der Waals surface area contributed by atoms with Crippen molar-refractivity contribution in [1.29, 1.82) is 0 Å². The number of hydrogen-bond donors (Lipinski definition) is 8. The summed E-state index contributed by atoms with van der Waals surface area (Å²) in [6, 6.07) is 13.2. The van der Waals surface area contributed by atoms with Gasteiger partial charge in [-0.3, -0.25) is 14.4 Å². The molecule has 17 nitrogen and oxygen atoms in total. The van der Waals surface area contributed by atoms with Crippen LogP contribution in [-0.2, 0) is 40.3 Å². The largest absolute Gasteiger partial charge is 0.508 e. The van der Waals surface area contributed by atoms with E-state index in [9.17, 15) is 33.6 Å². The Labute approximate surface area is 354 Å². The Bertz CT molecular complexity index is 1700. The molecule has 2 unspecified atom stereocenters. The number of hydrogen-bond acceptors (Lipinski definition) is 15. The Morgan fingerprint density at radius 3 is 2.07 bits per heavy atom. The first-order chi connectivity index (χ1) is 28.2. The summed E-state index contributed by atoms with van der Waals surface area (Å²) in [6.45, 7) is 8.66. The number of ether oxygens (including phenoxy) is 1. The third-order valence-electron chi connectivity index (χ3n) is 8.80. The van der Waals surface area contributed by atoms with Crippen molar-refractivity contribution in [1.82, 2.24) is 25.8 Å². The number of aromatic nitrogens is 2. The molecule has 59 heavy (non-hydrogen) atoms. The third-order valence-corrected chi connectivity index (χ3v) is 10.7. The lowest BCUT2D eigenvalue weighted by atomic mass is 9.73. The topological polar surface area (TPSA) is 278 Å². The number of nitrogens with one attached hydrogen (secondary N) is 3. The molecule has 328 valence electrons. The van der Waals surface area contributed by atoms with Crippen LogP contribution in [0.15, 0.2) is 64.8 Å². The summed E-state index contributed by atoms with van der Waals surface area (Å²) in [5, 5.41) is 42.2. The van der Waals surface area contributed by atoms with Gasteiger partial charge in [0.1, 0.15) is 17.8 Å². The van der Waals surface area contributed by atoms with Crippen LogP contribution in [0.25, 0.3) is 0 Å². The molecule has 19 heteroatoms. The molecule has 0 saturated carbocycles. The number of nitrogens with two attached hydrogens (primary N) is 3. The quantitative estimate of drug-likeness (QED) is 0.0260. The first-order valence-corrected chi connectivity index (χ1v) is 21.5. The number of allylic oxidation sites excluding steroid dienone is 1. The fourth-order valence-corrected chi connectivity index (χ4v) is 6.62.